The Morgan fingerprint density at radius 2 is 1.71 bits per heavy atom. The van der Waals surface area contributed by atoms with Crippen molar-refractivity contribution in [1.29, 1.82) is 0 Å². The number of carbonyl (C=O) groups is 1. The number of benzene rings is 2. The molecule has 2 aromatic rings. The fraction of sp³-hybridized carbons (Fsp3) is 0.188. The third kappa shape index (κ3) is 5.52. The summed E-state index contributed by atoms with van der Waals surface area (Å²) in [5.74, 6) is 0.479. The first-order valence-corrected chi connectivity index (χ1v) is 6.68. The van der Waals surface area contributed by atoms with E-state index in [0.717, 1.165) is 11.3 Å². The Bertz CT molecular complexity index is 558. The van der Waals surface area contributed by atoms with Crippen LogP contribution in [0.25, 0.3) is 0 Å². The molecule has 0 atom stereocenters. The van der Waals surface area contributed by atoms with Crippen LogP contribution in [0.4, 0.5) is 9.18 Å². The molecule has 0 bridgehead atoms. The minimum absolute atomic E-state index is 0.281. The van der Waals surface area contributed by atoms with Crippen molar-refractivity contribution in [2.45, 2.75) is 6.54 Å². The van der Waals surface area contributed by atoms with Crippen molar-refractivity contribution in [2.24, 2.45) is 0 Å². The predicted octanol–water partition coefficient (Wildman–Crippen LogP) is 2.70. The molecule has 0 spiro atoms. The van der Waals surface area contributed by atoms with Crippen molar-refractivity contribution in [3.05, 3.63) is 66.0 Å². The van der Waals surface area contributed by atoms with Gasteiger partial charge >= 0.3 is 6.03 Å². The van der Waals surface area contributed by atoms with Gasteiger partial charge in [-0.15, -0.1) is 0 Å². The number of nitrogens with one attached hydrogen (secondary N) is 2. The molecule has 2 N–H and O–H groups in total. The Morgan fingerprint density at radius 3 is 2.43 bits per heavy atom. The second kappa shape index (κ2) is 7.89. The van der Waals surface area contributed by atoms with Crippen molar-refractivity contribution in [3.8, 4) is 5.75 Å². The Morgan fingerprint density at radius 1 is 1.00 bits per heavy atom. The topological polar surface area (TPSA) is 50.4 Å². The Kier molecular flexibility index (Phi) is 5.58. The highest BCUT2D eigenvalue weighted by Gasteiger charge is 2.00. The van der Waals surface area contributed by atoms with Gasteiger partial charge in [-0.1, -0.05) is 30.3 Å². The van der Waals surface area contributed by atoms with Crippen LogP contribution in [-0.4, -0.2) is 19.2 Å². The lowest BCUT2D eigenvalue weighted by atomic mass is 10.2. The van der Waals surface area contributed by atoms with Crippen LogP contribution in [0.5, 0.6) is 5.75 Å². The zero-order valence-corrected chi connectivity index (χ0v) is 11.5. The second-order valence-corrected chi connectivity index (χ2v) is 4.40. The standard InChI is InChI=1S/C16H17FN2O2/c17-14-8-6-13(7-9-14)12-19-16(20)18-10-11-21-15-4-2-1-3-5-15/h1-9H,10-12H2,(H2,18,19,20). The molecular formula is C16H17FN2O2. The average Bonchev–Trinajstić information content (AvgIpc) is 2.52. The Balaban J connectivity index is 1.60. The van der Waals surface area contributed by atoms with Gasteiger partial charge in [0.1, 0.15) is 18.2 Å². The number of hydrogen-bond acceptors (Lipinski definition) is 2. The maximum Gasteiger partial charge on any atom is 0.315 e. The fourth-order valence-corrected chi connectivity index (χ4v) is 1.70. The van der Waals surface area contributed by atoms with Gasteiger partial charge in [-0.3, -0.25) is 0 Å². The first kappa shape index (κ1) is 14.8. The summed E-state index contributed by atoms with van der Waals surface area (Å²) in [6.07, 6.45) is 0. The lowest BCUT2D eigenvalue weighted by molar-refractivity contribution is 0.236. The predicted molar refractivity (Wildman–Crippen MR) is 78.6 cm³/mol. The molecule has 0 saturated carbocycles. The minimum Gasteiger partial charge on any atom is -0.492 e. The fourth-order valence-electron chi connectivity index (χ4n) is 1.70. The summed E-state index contributed by atoms with van der Waals surface area (Å²) >= 11 is 0. The zero-order chi connectivity index (χ0) is 14.9. The molecule has 0 aliphatic rings. The summed E-state index contributed by atoms with van der Waals surface area (Å²) in [6.45, 7) is 1.16. The number of amides is 2. The van der Waals surface area contributed by atoms with E-state index in [0.29, 0.717) is 19.7 Å². The number of urea groups is 1. The number of rotatable bonds is 6. The highest BCUT2D eigenvalue weighted by atomic mass is 19.1. The monoisotopic (exact) mass is 288 g/mol. The molecule has 21 heavy (non-hydrogen) atoms. The molecule has 4 nitrogen and oxygen atoms in total. The molecule has 0 aromatic heterocycles. The molecule has 0 radical (unpaired) electrons. The molecule has 5 heteroatoms. The summed E-state index contributed by atoms with van der Waals surface area (Å²) in [4.78, 5) is 11.5. The van der Waals surface area contributed by atoms with Crippen LogP contribution in [-0.2, 0) is 6.54 Å². The molecule has 2 rings (SSSR count). The summed E-state index contributed by atoms with van der Waals surface area (Å²) in [5, 5.41) is 5.37. The number of hydrogen-bond donors (Lipinski definition) is 2. The van der Waals surface area contributed by atoms with Crippen LogP contribution in [0.3, 0.4) is 0 Å². The number of carbonyl (C=O) groups excluding carboxylic acids is 1. The van der Waals surface area contributed by atoms with E-state index >= 15 is 0 Å². The average molecular weight is 288 g/mol. The molecule has 0 heterocycles. The Labute approximate surface area is 122 Å². The summed E-state index contributed by atoms with van der Waals surface area (Å²) in [5.41, 5.74) is 0.840. The van der Waals surface area contributed by atoms with Crippen molar-refractivity contribution >= 4 is 6.03 Å². The van der Waals surface area contributed by atoms with Crippen molar-refractivity contribution in [1.82, 2.24) is 10.6 Å². The number of halogens is 1. The van der Waals surface area contributed by atoms with E-state index in [4.69, 9.17) is 4.74 Å². The number of ether oxygens (including phenoxy) is 1. The summed E-state index contributed by atoms with van der Waals surface area (Å²) in [6, 6.07) is 15.1. The molecule has 110 valence electrons. The van der Waals surface area contributed by atoms with Gasteiger partial charge in [0.05, 0.1) is 6.54 Å². The van der Waals surface area contributed by atoms with Gasteiger partial charge < -0.3 is 15.4 Å². The maximum absolute atomic E-state index is 12.7. The van der Waals surface area contributed by atoms with Crippen LogP contribution in [0.2, 0.25) is 0 Å². The first-order valence-electron chi connectivity index (χ1n) is 6.68. The van der Waals surface area contributed by atoms with Gasteiger partial charge in [0.15, 0.2) is 0 Å². The van der Waals surface area contributed by atoms with Crippen LogP contribution in [0.1, 0.15) is 5.56 Å². The Hall–Kier alpha value is -2.56. The second-order valence-electron chi connectivity index (χ2n) is 4.40. The van der Waals surface area contributed by atoms with Gasteiger partial charge in [0, 0.05) is 6.54 Å². The van der Waals surface area contributed by atoms with Crippen LogP contribution >= 0.6 is 0 Å². The van der Waals surface area contributed by atoms with Gasteiger partial charge in [-0.25, -0.2) is 9.18 Å². The third-order valence-electron chi connectivity index (χ3n) is 2.77. The molecule has 2 amide bonds. The quantitative estimate of drug-likeness (QED) is 0.803. The van der Waals surface area contributed by atoms with Crippen molar-refractivity contribution in [3.63, 3.8) is 0 Å². The van der Waals surface area contributed by atoms with E-state index in [1.165, 1.54) is 12.1 Å². The molecule has 0 unspecified atom stereocenters. The smallest absolute Gasteiger partial charge is 0.315 e. The van der Waals surface area contributed by atoms with Gasteiger partial charge in [-0.2, -0.15) is 0 Å². The summed E-state index contributed by atoms with van der Waals surface area (Å²) in [7, 11) is 0. The van der Waals surface area contributed by atoms with Crippen molar-refractivity contribution in [2.75, 3.05) is 13.2 Å². The lowest BCUT2D eigenvalue weighted by Gasteiger charge is -2.09. The molecule has 2 aromatic carbocycles. The van der Waals surface area contributed by atoms with E-state index < -0.39 is 0 Å². The van der Waals surface area contributed by atoms with Gasteiger partial charge in [0.2, 0.25) is 0 Å². The first-order chi connectivity index (χ1) is 10.2. The van der Waals surface area contributed by atoms with E-state index in [9.17, 15) is 9.18 Å². The molecule has 0 aliphatic heterocycles. The van der Waals surface area contributed by atoms with E-state index in [-0.39, 0.29) is 11.8 Å². The SMILES string of the molecule is O=C(NCCOc1ccccc1)NCc1ccc(F)cc1. The van der Waals surface area contributed by atoms with Gasteiger partial charge in [0.25, 0.3) is 0 Å². The lowest BCUT2D eigenvalue weighted by Crippen LogP contribution is -2.37. The molecule has 0 saturated heterocycles. The molecular weight excluding hydrogens is 271 g/mol. The number of para-hydroxylation sites is 1. The third-order valence-corrected chi connectivity index (χ3v) is 2.77. The normalized spacial score (nSPS) is 9.95. The molecule has 0 fully saturated rings. The van der Waals surface area contributed by atoms with Crippen LogP contribution in [0, 0.1) is 5.82 Å². The van der Waals surface area contributed by atoms with E-state index in [1.54, 1.807) is 12.1 Å². The minimum atomic E-state index is -0.290. The van der Waals surface area contributed by atoms with Crippen molar-refractivity contribution < 1.29 is 13.9 Å². The highest BCUT2D eigenvalue weighted by Crippen LogP contribution is 2.07. The van der Waals surface area contributed by atoms with E-state index in [1.807, 2.05) is 30.3 Å². The van der Waals surface area contributed by atoms with Gasteiger partial charge in [-0.05, 0) is 29.8 Å². The largest absolute Gasteiger partial charge is 0.492 e. The highest BCUT2D eigenvalue weighted by molar-refractivity contribution is 5.73. The van der Waals surface area contributed by atoms with Crippen LogP contribution in [0.15, 0.2) is 54.6 Å². The van der Waals surface area contributed by atoms with Crippen LogP contribution < -0.4 is 15.4 Å². The molecule has 0 aliphatic carbocycles. The van der Waals surface area contributed by atoms with E-state index in [2.05, 4.69) is 10.6 Å². The summed E-state index contributed by atoms with van der Waals surface area (Å²) < 4.78 is 18.2. The zero-order valence-electron chi connectivity index (χ0n) is 11.5. The maximum atomic E-state index is 12.7.